The lowest BCUT2D eigenvalue weighted by Crippen LogP contribution is -2.19. The standard InChI is InChI=1S/C24H20N4O4/c29-23(16-10-11-20(21(15-16)28(30)31)27-12-3-4-13-27)25-18-7-5-6-17(14-18)24-26-19-8-1-2-9-22(19)32-24/h1-2,5-11,14-15H,3-4,12-13H2,(H,25,29). The third kappa shape index (κ3) is 3.78. The van der Waals surface area contributed by atoms with Gasteiger partial charge in [0, 0.05) is 36.0 Å². The molecule has 0 spiro atoms. The topological polar surface area (TPSA) is 102 Å². The number of nitrogens with one attached hydrogen (secondary N) is 1. The van der Waals surface area contributed by atoms with Crippen molar-refractivity contribution in [3.05, 3.63) is 82.4 Å². The van der Waals surface area contributed by atoms with Crippen LogP contribution in [0, 0.1) is 10.1 Å². The highest BCUT2D eigenvalue weighted by molar-refractivity contribution is 6.05. The van der Waals surface area contributed by atoms with E-state index in [0.29, 0.717) is 22.8 Å². The van der Waals surface area contributed by atoms with E-state index in [2.05, 4.69) is 10.3 Å². The average molecular weight is 428 g/mol. The molecule has 32 heavy (non-hydrogen) atoms. The number of carbonyl (C=O) groups is 1. The lowest BCUT2D eigenvalue weighted by molar-refractivity contribution is -0.384. The number of nitrogens with zero attached hydrogens (tertiary/aromatic N) is 3. The van der Waals surface area contributed by atoms with Crippen LogP contribution in [-0.2, 0) is 0 Å². The number of hydrogen-bond donors (Lipinski definition) is 1. The fourth-order valence-electron chi connectivity index (χ4n) is 3.97. The Morgan fingerprint density at radius 3 is 2.62 bits per heavy atom. The summed E-state index contributed by atoms with van der Waals surface area (Å²) in [4.78, 5) is 30.5. The molecular weight excluding hydrogens is 408 g/mol. The molecule has 0 bridgehead atoms. The van der Waals surface area contributed by atoms with Crippen LogP contribution in [-0.4, -0.2) is 28.9 Å². The van der Waals surface area contributed by atoms with Crippen molar-refractivity contribution in [1.82, 2.24) is 4.98 Å². The van der Waals surface area contributed by atoms with Gasteiger partial charge in [-0.25, -0.2) is 4.98 Å². The SMILES string of the molecule is O=C(Nc1cccc(-c2nc3ccccc3o2)c1)c1ccc(N2CCCC2)c([N+](=O)[O-])c1. The quantitative estimate of drug-likeness (QED) is 0.344. The minimum absolute atomic E-state index is 0.0558. The summed E-state index contributed by atoms with van der Waals surface area (Å²) < 4.78 is 5.80. The van der Waals surface area contributed by atoms with Crippen LogP contribution in [0.25, 0.3) is 22.6 Å². The Morgan fingerprint density at radius 1 is 1.03 bits per heavy atom. The highest BCUT2D eigenvalue weighted by atomic mass is 16.6. The number of fused-ring (bicyclic) bond motifs is 1. The van der Waals surface area contributed by atoms with Gasteiger partial charge in [0.05, 0.1) is 4.92 Å². The van der Waals surface area contributed by atoms with Crippen molar-refractivity contribution in [3.8, 4) is 11.5 Å². The Hall–Kier alpha value is -4.20. The maximum absolute atomic E-state index is 12.8. The Morgan fingerprint density at radius 2 is 1.84 bits per heavy atom. The van der Waals surface area contributed by atoms with Gasteiger partial charge in [-0.2, -0.15) is 0 Å². The molecule has 1 aliphatic heterocycles. The first-order chi connectivity index (χ1) is 15.6. The maximum atomic E-state index is 12.8. The molecule has 0 atom stereocenters. The Labute approximate surface area is 183 Å². The van der Waals surface area contributed by atoms with Crippen molar-refractivity contribution in [3.63, 3.8) is 0 Å². The number of amides is 1. The second-order valence-electron chi connectivity index (χ2n) is 7.68. The average Bonchev–Trinajstić information content (AvgIpc) is 3.49. The number of rotatable bonds is 5. The molecule has 4 aromatic rings. The van der Waals surface area contributed by atoms with Gasteiger partial charge in [0.25, 0.3) is 11.6 Å². The van der Waals surface area contributed by atoms with Crippen LogP contribution in [0.4, 0.5) is 17.1 Å². The van der Waals surface area contributed by atoms with Crippen LogP contribution < -0.4 is 10.2 Å². The predicted octanol–water partition coefficient (Wildman–Crippen LogP) is 5.26. The Bertz CT molecular complexity index is 1290. The third-order valence-corrected chi connectivity index (χ3v) is 5.54. The highest BCUT2D eigenvalue weighted by Crippen LogP contribution is 2.32. The monoisotopic (exact) mass is 428 g/mol. The fourth-order valence-corrected chi connectivity index (χ4v) is 3.97. The normalized spacial score (nSPS) is 13.4. The zero-order valence-corrected chi connectivity index (χ0v) is 17.2. The van der Waals surface area contributed by atoms with Crippen molar-refractivity contribution >= 4 is 34.1 Å². The molecular formula is C24H20N4O4. The third-order valence-electron chi connectivity index (χ3n) is 5.54. The molecule has 0 radical (unpaired) electrons. The van der Waals surface area contributed by atoms with Gasteiger partial charge >= 0.3 is 0 Å². The molecule has 5 rings (SSSR count). The van der Waals surface area contributed by atoms with E-state index in [0.717, 1.165) is 37.0 Å². The van der Waals surface area contributed by atoms with E-state index in [4.69, 9.17) is 4.42 Å². The largest absolute Gasteiger partial charge is 0.436 e. The van der Waals surface area contributed by atoms with Gasteiger partial charge in [-0.05, 0) is 55.3 Å². The lowest BCUT2D eigenvalue weighted by Gasteiger charge is -2.17. The van der Waals surface area contributed by atoms with Crippen molar-refractivity contribution in [2.24, 2.45) is 0 Å². The van der Waals surface area contributed by atoms with Crippen molar-refractivity contribution in [2.75, 3.05) is 23.3 Å². The number of hydrogen-bond acceptors (Lipinski definition) is 6. The number of para-hydroxylation sites is 2. The summed E-state index contributed by atoms with van der Waals surface area (Å²) in [6.45, 7) is 1.57. The van der Waals surface area contributed by atoms with Crippen LogP contribution in [0.1, 0.15) is 23.2 Å². The lowest BCUT2D eigenvalue weighted by atomic mass is 10.1. The molecule has 1 amide bonds. The molecule has 2 heterocycles. The van der Waals surface area contributed by atoms with Crippen LogP contribution in [0.3, 0.4) is 0 Å². The van der Waals surface area contributed by atoms with Crippen LogP contribution in [0.5, 0.6) is 0 Å². The van der Waals surface area contributed by atoms with Gasteiger partial charge in [0.2, 0.25) is 5.89 Å². The molecule has 1 N–H and O–H groups in total. The van der Waals surface area contributed by atoms with Crippen LogP contribution >= 0.6 is 0 Å². The summed E-state index contributed by atoms with van der Waals surface area (Å²) in [6.07, 6.45) is 2.02. The first-order valence-corrected chi connectivity index (χ1v) is 10.4. The van der Waals surface area contributed by atoms with E-state index in [9.17, 15) is 14.9 Å². The summed E-state index contributed by atoms with van der Waals surface area (Å²) >= 11 is 0. The summed E-state index contributed by atoms with van der Waals surface area (Å²) in [5.41, 5.74) is 3.42. The molecule has 0 saturated carbocycles. The van der Waals surface area contributed by atoms with Crippen molar-refractivity contribution in [1.29, 1.82) is 0 Å². The minimum atomic E-state index is -0.432. The summed E-state index contributed by atoms with van der Waals surface area (Å²) in [7, 11) is 0. The van der Waals surface area contributed by atoms with Gasteiger partial charge in [0.15, 0.2) is 5.58 Å². The second-order valence-corrected chi connectivity index (χ2v) is 7.68. The predicted molar refractivity (Wildman–Crippen MR) is 122 cm³/mol. The smallest absolute Gasteiger partial charge is 0.293 e. The number of nitro benzene ring substituents is 1. The number of carbonyl (C=O) groups excluding carboxylic acids is 1. The van der Waals surface area contributed by atoms with Crippen LogP contribution in [0.15, 0.2) is 71.1 Å². The zero-order chi connectivity index (χ0) is 22.1. The zero-order valence-electron chi connectivity index (χ0n) is 17.2. The van der Waals surface area contributed by atoms with E-state index >= 15 is 0 Å². The van der Waals surface area contributed by atoms with E-state index in [-0.39, 0.29) is 11.3 Å². The number of anilines is 2. The molecule has 1 aliphatic rings. The Kier molecular flexibility index (Phi) is 5.03. The van der Waals surface area contributed by atoms with E-state index in [1.165, 1.54) is 6.07 Å². The van der Waals surface area contributed by atoms with E-state index < -0.39 is 10.8 Å². The summed E-state index contributed by atoms with van der Waals surface area (Å²) in [5, 5.41) is 14.4. The first kappa shape index (κ1) is 19.7. The highest BCUT2D eigenvalue weighted by Gasteiger charge is 2.24. The van der Waals surface area contributed by atoms with Gasteiger partial charge in [-0.1, -0.05) is 18.2 Å². The number of benzene rings is 3. The molecule has 1 aromatic heterocycles. The molecule has 3 aromatic carbocycles. The van der Waals surface area contributed by atoms with E-state index in [1.54, 1.807) is 30.3 Å². The number of aromatic nitrogens is 1. The van der Waals surface area contributed by atoms with Gasteiger partial charge in [0.1, 0.15) is 11.2 Å². The van der Waals surface area contributed by atoms with Gasteiger partial charge in [-0.15, -0.1) is 0 Å². The maximum Gasteiger partial charge on any atom is 0.293 e. The molecule has 8 nitrogen and oxygen atoms in total. The summed E-state index contributed by atoms with van der Waals surface area (Å²) in [6, 6.07) is 19.2. The number of oxazole rings is 1. The minimum Gasteiger partial charge on any atom is -0.436 e. The molecule has 8 heteroatoms. The molecule has 1 saturated heterocycles. The van der Waals surface area contributed by atoms with Crippen molar-refractivity contribution < 1.29 is 14.1 Å². The second kappa shape index (κ2) is 8.14. The van der Waals surface area contributed by atoms with Crippen LogP contribution in [0.2, 0.25) is 0 Å². The molecule has 0 unspecified atom stereocenters. The van der Waals surface area contributed by atoms with Gasteiger partial charge < -0.3 is 14.6 Å². The van der Waals surface area contributed by atoms with Crippen molar-refractivity contribution in [2.45, 2.75) is 12.8 Å². The summed E-state index contributed by atoms with van der Waals surface area (Å²) in [5.74, 6) is 0.0312. The van der Waals surface area contributed by atoms with Gasteiger partial charge in [-0.3, -0.25) is 14.9 Å². The number of nitro groups is 1. The Balaban J connectivity index is 1.39. The molecule has 160 valence electrons. The first-order valence-electron chi connectivity index (χ1n) is 10.4. The molecule has 0 aliphatic carbocycles. The van der Waals surface area contributed by atoms with E-state index in [1.807, 2.05) is 35.2 Å². The fraction of sp³-hybridized carbons (Fsp3) is 0.167. The molecule has 1 fully saturated rings.